The van der Waals surface area contributed by atoms with Crippen LogP contribution in [0.15, 0.2) is 4.52 Å². The Morgan fingerprint density at radius 1 is 1.21 bits per heavy atom. The van der Waals surface area contributed by atoms with Crippen LogP contribution in [0.2, 0.25) is 0 Å². The summed E-state index contributed by atoms with van der Waals surface area (Å²) in [7, 11) is 1.58. The van der Waals surface area contributed by atoms with E-state index in [1.807, 2.05) is 34.6 Å². The van der Waals surface area contributed by atoms with Gasteiger partial charge in [-0.15, -0.1) is 0 Å². The molecule has 0 saturated carbocycles. The second-order valence-electron chi connectivity index (χ2n) is 7.46. The van der Waals surface area contributed by atoms with E-state index in [1.54, 1.807) is 7.11 Å². The predicted octanol–water partition coefficient (Wildman–Crippen LogP) is 2.48. The van der Waals surface area contributed by atoms with Crippen LogP contribution < -0.4 is 5.32 Å². The molecule has 1 amide bonds. The summed E-state index contributed by atoms with van der Waals surface area (Å²) < 4.78 is 21.5. The number of ether oxygens (including phenoxy) is 3. The van der Waals surface area contributed by atoms with E-state index in [4.69, 9.17) is 18.7 Å². The van der Waals surface area contributed by atoms with E-state index >= 15 is 0 Å². The third-order valence-corrected chi connectivity index (χ3v) is 3.97. The third-order valence-electron chi connectivity index (χ3n) is 3.97. The van der Waals surface area contributed by atoms with Gasteiger partial charge >= 0.3 is 6.09 Å². The Bertz CT molecular complexity index is 571. The number of carbonyl (C=O) groups excluding carboxylic acids is 1. The molecular weight excluding hydrogens is 314 g/mol. The average Bonchev–Trinajstić information content (AvgIpc) is 2.97. The van der Waals surface area contributed by atoms with Gasteiger partial charge in [0.05, 0.1) is 0 Å². The smallest absolute Gasteiger partial charge is 0.408 e. The van der Waals surface area contributed by atoms with E-state index in [1.165, 1.54) is 0 Å². The maximum absolute atomic E-state index is 12.3. The highest BCUT2D eigenvalue weighted by atomic mass is 16.6. The van der Waals surface area contributed by atoms with E-state index in [-0.39, 0.29) is 0 Å². The third kappa shape index (κ3) is 4.24. The average molecular weight is 341 g/mol. The molecule has 0 atom stereocenters. The molecule has 1 N–H and O–H groups in total. The molecule has 136 valence electrons. The van der Waals surface area contributed by atoms with Crippen molar-refractivity contribution in [1.29, 1.82) is 0 Å². The summed E-state index contributed by atoms with van der Waals surface area (Å²) in [6, 6.07) is 0. The number of hydrogen-bond donors (Lipinski definition) is 1. The standard InChI is InChI=1S/C16H27N3O5/c1-14(2,3)23-13(20)18-16(7-9-22-10-8-16)11-17-12(24-19-11)15(4,5)21-6/h7-10H2,1-6H3,(H,18,20). The zero-order chi connectivity index (χ0) is 18.0. The lowest BCUT2D eigenvalue weighted by atomic mass is 9.89. The Kier molecular flexibility index (Phi) is 5.19. The van der Waals surface area contributed by atoms with Gasteiger partial charge in [0.2, 0.25) is 0 Å². The quantitative estimate of drug-likeness (QED) is 0.898. The van der Waals surface area contributed by atoms with E-state index < -0.39 is 22.8 Å². The molecule has 8 heteroatoms. The molecule has 8 nitrogen and oxygen atoms in total. The van der Waals surface area contributed by atoms with Crippen molar-refractivity contribution in [3.63, 3.8) is 0 Å². The fourth-order valence-corrected chi connectivity index (χ4v) is 2.37. The topological polar surface area (TPSA) is 95.7 Å². The highest BCUT2D eigenvalue weighted by Gasteiger charge is 2.42. The first-order chi connectivity index (χ1) is 11.1. The van der Waals surface area contributed by atoms with Crippen LogP contribution in [-0.2, 0) is 25.4 Å². The van der Waals surface area contributed by atoms with Gasteiger partial charge in [-0.05, 0) is 34.6 Å². The van der Waals surface area contributed by atoms with Gasteiger partial charge in [0, 0.05) is 33.2 Å². The van der Waals surface area contributed by atoms with Crippen molar-refractivity contribution in [1.82, 2.24) is 15.5 Å². The summed E-state index contributed by atoms with van der Waals surface area (Å²) in [6.45, 7) is 10.1. The zero-order valence-corrected chi connectivity index (χ0v) is 15.3. The minimum atomic E-state index is -0.772. The molecule has 2 rings (SSSR count). The number of carbonyl (C=O) groups is 1. The normalized spacial score (nSPS) is 18.2. The first-order valence-corrected chi connectivity index (χ1v) is 8.07. The fourth-order valence-electron chi connectivity index (χ4n) is 2.37. The van der Waals surface area contributed by atoms with Crippen LogP contribution in [0.25, 0.3) is 0 Å². The van der Waals surface area contributed by atoms with Crippen molar-refractivity contribution < 1.29 is 23.5 Å². The van der Waals surface area contributed by atoms with E-state index in [0.29, 0.717) is 37.8 Å². The van der Waals surface area contributed by atoms with Crippen molar-refractivity contribution in [2.45, 2.75) is 64.2 Å². The number of aromatic nitrogens is 2. The van der Waals surface area contributed by atoms with Gasteiger partial charge in [-0.2, -0.15) is 4.98 Å². The Balaban J connectivity index is 2.26. The number of hydrogen-bond acceptors (Lipinski definition) is 7. The molecule has 0 radical (unpaired) electrons. The van der Waals surface area contributed by atoms with Crippen LogP contribution in [0.3, 0.4) is 0 Å². The Labute approximate surface area is 142 Å². The van der Waals surface area contributed by atoms with Crippen molar-refractivity contribution in [2.75, 3.05) is 20.3 Å². The van der Waals surface area contributed by atoms with Crippen LogP contribution in [-0.4, -0.2) is 42.2 Å². The second-order valence-corrected chi connectivity index (χ2v) is 7.46. The van der Waals surface area contributed by atoms with Gasteiger partial charge in [0.1, 0.15) is 16.7 Å². The van der Waals surface area contributed by atoms with Gasteiger partial charge in [-0.25, -0.2) is 4.79 Å². The van der Waals surface area contributed by atoms with Crippen LogP contribution in [0, 0.1) is 0 Å². The van der Waals surface area contributed by atoms with Crippen LogP contribution in [0.1, 0.15) is 59.2 Å². The van der Waals surface area contributed by atoms with E-state index in [9.17, 15) is 4.79 Å². The SMILES string of the molecule is COC(C)(C)c1nc(C2(NC(=O)OC(C)(C)C)CCOCC2)no1. The monoisotopic (exact) mass is 341 g/mol. The largest absolute Gasteiger partial charge is 0.444 e. The molecule has 1 fully saturated rings. The highest BCUT2D eigenvalue weighted by molar-refractivity contribution is 5.69. The number of amides is 1. The van der Waals surface area contributed by atoms with Gasteiger partial charge in [-0.3, -0.25) is 0 Å². The van der Waals surface area contributed by atoms with E-state index in [2.05, 4.69) is 15.5 Å². The molecule has 0 unspecified atom stereocenters. The van der Waals surface area contributed by atoms with Crippen LogP contribution in [0.4, 0.5) is 4.79 Å². The summed E-state index contributed by atoms with van der Waals surface area (Å²) in [4.78, 5) is 16.7. The van der Waals surface area contributed by atoms with Crippen molar-refractivity contribution in [2.24, 2.45) is 0 Å². The van der Waals surface area contributed by atoms with Crippen LogP contribution >= 0.6 is 0 Å². The number of nitrogens with one attached hydrogen (secondary N) is 1. The minimum Gasteiger partial charge on any atom is -0.444 e. The Morgan fingerprint density at radius 3 is 2.38 bits per heavy atom. The van der Waals surface area contributed by atoms with E-state index in [0.717, 1.165) is 0 Å². The summed E-state index contributed by atoms with van der Waals surface area (Å²) in [5, 5.41) is 7.00. The molecule has 0 spiro atoms. The summed E-state index contributed by atoms with van der Waals surface area (Å²) in [6.07, 6.45) is 0.568. The molecule has 1 aromatic rings. The Morgan fingerprint density at radius 2 is 1.83 bits per heavy atom. The molecule has 0 bridgehead atoms. The molecule has 2 heterocycles. The second kappa shape index (κ2) is 6.68. The fraction of sp³-hybridized carbons (Fsp3) is 0.812. The number of alkyl carbamates (subject to hydrolysis) is 1. The van der Waals surface area contributed by atoms with Gasteiger partial charge < -0.3 is 24.1 Å². The molecule has 1 saturated heterocycles. The summed E-state index contributed by atoms with van der Waals surface area (Å²) >= 11 is 0. The summed E-state index contributed by atoms with van der Waals surface area (Å²) in [5.41, 5.74) is -2.06. The lowest BCUT2D eigenvalue weighted by Gasteiger charge is -2.35. The lowest BCUT2D eigenvalue weighted by molar-refractivity contribution is -0.00788. The maximum Gasteiger partial charge on any atom is 0.408 e. The molecule has 0 aliphatic carbocycles. The Hall–Kier alpha value is -1.67. The van der Waals surface area contributed by atoms with Crippen molar-refractivity contribution in [3.05, 3.63) is 11.7 Å². The molecule has 24 heavy (non-hydrogen) atoms. The first kappa shape index (κ1) is 18.7. The van der Waals surface area contributed by atoms with Crippen molar-refractivity contribution >= 4 is 6.09 Å². The number of rotatable bonds is 4. The number of nitrogens with zero attached hydrogens (tertiary/aromatic N) is 2. The zero-order valence-electron chi connectivity index (χ0n) is 15.3. The lowest BCUT2D eigenvalue weighted by Crippen LogP contribution is -2.51. The minimum absolute atomic E-state index is 0.358. The molecule has 0 aromatic carbocycles. The number of methoxy groups -OCH3 is 1. The van der Waals surface area contributed by atoms with Gasteiger partial charge in [0.25, 0.3) is 5.89 Å². The van der Waals surface area contributed by atoms with Crippen LogP contribution in [0.5, 0.6) is 0 Å². The highest BCUT2D eigenvalue weighted by Crippen LogP contribution is 2.32. The molecule has 1 aliphatic rings. The van der Waals surface area contributed by atoms with Gasteiger partial charge in [0.15, 0.2) is 5.82 Å². The molecule has 1 aliphatic heterocycles. The molecule has 1 aromatic heterocycles. The summed E-state index contributed by atoms with van der Waals surface area (Å²) in [5.74, 6) is 0.772. The van der Waals surface area contributed by atoms with Crippen molar-refractivity contribution in [3.8, 4) is 0 Å². The predicted molar refractivity (Wildman–Crippen MR) is 85.4 cm³/mol. The first-order valence-electron chi connectivity index (χ1n) is 8.07. The maximum atomic E-state index is 12.3. The molecular formula is C16H27N3O5. The van der Waals surface area contributed by atoms with Gasteiger partial charge in [-0.1, -0.05) is 5.16 Å².